The lowest BCUT2D eigenvalue weighted by Gasteiger charge is -2.56. The third-order valence-electron chi connectivity index (χ3n) is 7.39. The van der Waals surface area contributed by atoms with E-state index in [9.17, 15) is 9.18 Å². The molecule has 0 saturated carbocycles. The molecule has 8 heteroatoms. The smallest absolute Gasteiger partial charge is 0.227 e. The number of carbonyl (C=O) groups excluding carboxylic acids is 1. The molecule has 0 unspecified atom stereocenters. The highest BCUT2D eigenvalue weighted by Gasteiger charge is 2.49. The van der Waals surface area contributed by atoms with E-state index >= 15 is 0 Å². The third-order valence-corrected chi connectivity index (χ3v) is 7.39. The van der Waals surface area contributed by atoms with Crippen LogP contribution in [0, 0.1) is 17.7 Å². The van der Waals surface area contributed by atoms with Gasteiger partial charge in [0.15, 0.2) is 11.6 Å². The highest BCUT2D eigenvalue weighted by atomic mass is 19.1. The number of piperidine rings is 3. The van der Waals surface area contributed by atoms with E-state index < -0.39 is 0 Å². The summed E-state index contributed by atoms with van der Waals surface area (Å²) in [6.45, 7) is 6.37. The Morgan fingerprint density at radius 3 is 2.80 bits per heavy atom. The van der Waals surface area contributed by atoms with Gasteiger partial charge in [0.25, 0.3) is 0 Å². The van der Waals surface area contributed by atoms with Crippen LogP contribution >= 0.6 is 0 Å². The van der Waals surface area contributed by atoms with Gasteiger partial charge in [-0.2, -0.15) is 4.98 Å². The van der Waals surface area contributed by atoms with E-state index in [4.69, 9.17) is 4.74 Å². The zero-order chi connectivity index (χ0) is 20.7. The number of morpholine rings is 1. The molecule has 0 aromatic carbocycles. The fourth-order valence-corrected chi connectivity index (χ4v) is 6.10. The number of halogens is 1. The molecule has 2 bridgehead atoms. The van der Waals surface area contributed by atoms with Crippen molar-refractivity contribution in [1.29, 1.82) is 0 Å². The Morgan fingerprint density at radius 1 is 1.20 bits per heavy atom. The normalized spacial score (nSPS) is 31.7. The second kappa shape index (κ2) is 8.29. The van der Waals surface area contributed by atoms with Crippen molar-refractivity contribution in [2.45, 2.75) is 57.5 Å². The van der Waals surface area contributed by atoms with Crippen LogP contribution in [-0.2, 0) is 9.53 Å². The summed E-state index contributed by atoms with van der Waals surface area (Å²) in [4.78, 5) is 28.3. The van der Waals surface area contributed by atoms with Gasteiger partial charge in [0.05, 0.1) is 19.4 Å². The molecule has 4 fully saturated rings. The number of fused-ring (bicyclic) bond motifs is 4. The minimum Gasteiger partial charge on any atom is -0.378 e. The van der Waals surface area contributed by atoms with E-state index in [2.05, 4.69) is 26.7 Å². The fraction of sp³-hybridized carbons (Fsp3) is 0.773. The average molecular weight is 418 g/mol. The molecule has 4 atom stereocenters. The SMILES string of the molecule is CCC[C@H]1[C@H]2C[C@H](CN(c3ncc(F)c(N4CCOCC4)n3)C2)[C@@H]2CCCC(=O)N21. The number of carbonyl (C=O) groups is 1. The van der Waals surface area contributed by atoms with Crippen LogP contribution in [0.5, 0.6) is 0 Å². The second-order valence-electron chi connectivity index (χ2n) is 9.22. The van der Waals surface area contributed by atoms with Gasteiger partial charge in [-0.3, -0.25) is 4.79 Å². The maximum Gasteiger partial charge on any atom is 0.227 e. The molecule has 1 amide bonds. The first-order chi connectivity index (χ1) is 14.7. The molecule has 4 aliphatic rings. The van der Waals surface area contributed by atoms with Crippen molar-refractivity contribution < 1.29 is 13.9 Å². The highest BCUT2D eigenvalue weighted by molar-refractivity contribution is 5.78. The number of hydrogen-bond acceptors (Lipinski definition) is 6. The lowest BCUT2D eigenvalue weighted by Crippen LogP contribution is -2.65. The number of nitrogens with zero attached hydrogens (tertiary/aromatic N) is 5. The van der Waals surface area contributed by atoms with Crippen LogP contribution in [0.25, 0.3) is 0 Å². The summed E-state index contributed by atoms with van der Waals surface area (Å²) >= 11 is 0. The molecule has 5 heterocycles. The van der Waals surface area contributed by atoms with E-state index in [0.29, 0.717) is 74.3 Å². The molecule has 1 aromatic rings. The van der Waals surface area contributed by atoms with Crippen molar-refractivity contribution in [3.8, 4) is 0 Å². The topological polar surface area (TPSA) is 61.8 Å². The Morgan fingerprint density at radius 2 is 2.00 bits per heavy atom. The van der Waals surface area contributed by atoms with Crippen LogP contribution in [-0.4, -0.2) is 72.3 Å². The molecule has 0 spiro atoms. The zero-order valence-electron chi connectivity index (χ0n) is 17.8. The molecule has 1 aromatic heterocycles. The summed E-state index contributed by atoms with van der Waals surface area (Å²) in [5.41, 5.74) is 0. The third kappa shape index (κ3) is 3.53. The number of amides is 1. The summed E-state index contributed by atoms with van der Waals surface area (Å²) in [7, 11) is 0. The lowest BCUT2D eigenvalue weighted by molar-refractivity contribution is -0.149. The Hall–Kier alpha value is -1.96. The predicted molar refractivity (Wildman–Crippen MR) is 112 cm³/mol. The number of aromatic nitrogens is 2. The van der Waals surface area contributed by atoms with E-state index in [1.54, 1.807) is 0 Å². The standard InChI is InChI=1S/C22H32FN5O2/c1-2-4-18-15-11-16(19-5-3-6-20(29)28(18)19)14-27(13-15)22-24-12-17(23)21(25-22)26-7-9-30-10-8-26/h12,15-16,18-19H,2-11,13-14H2,1H3/t15-,16+,18-,19-/m0/s1. The van der Waals surface area contributed by atoms with Gasteiger partial charge in [-0.15, -0.1) is 0 Å². The van der Waals surface area contributed by atoms with Gasteiger partial charge in [0.2, 0.25) is 11.9 Å². The van der Waals surface area contributed by atoms with E-state index in [0.717, 1.165) is 38.8 Å². The first-order valence-corrected chi connectivity index (χ1v) is 11.6. The molecule has 0 radical (unpaired) electrons. The van der Waals surface area contributed by atoms with Crippen LogP contribution in [0.15, 0.2) is 6.20 Å². The van der Waals surface area contributed by atoms with Crippen molar-refractivity contribution in [3.05, 3.63) is 12.0 Å². The average Bonchev–Trinajstić information content (AvgIpc) is 2.77. The molecule has 5 rings (SSSR count). The van der Waals surface area contributed by atoms with E-state index in [-0.39, 0.29) is 5.82 Å². The Kier molecular flexibility index (Phi) is 5.52. The number of anilines is 2. The summed E-state index contributed by atoms with van der Waals surface area (Å²) in [6.07, 6.45) is 7.41. The van der Waals surface area contributed by atoms with Crippen LogP contribution in [0.3, 0.4) is 0 Å². The maximum absolute atomic E-state index is 14.5. The van der Waals surface area contributed by atoms with Crippen molar-refractivity contribution in [2.24, 2.45) is 11.8 Å². The zero-order valence-corrected chi connectivity index (χ0v) is 17.8. The van der Waals surface area contributed by atoms with Crippen molar-refractivity contribution in [3.63, 3.8) is 0 Å². The first-order valence-electron chi connectivity index (χ1n) is 11.6. The summed E-state index contributed by atoms with van der Waals surface area (Å²) in [5.74, 6) is 1.87. The monoisotopic (exact) mass is 417 g/mol. The Bertz CT molecular complexity index is 787. The predicted octanol–water partition coefficient (Wildman–Crippen LogP) is 2.46. The van der Waals surface area contributed by atoms with Crippen LogP contribution in [0.4, 0.5) is 16.2 Å². The molecule has 0 aliphatic carbocycles. The quantitative estimate of drug-likeness (QED) is 0.750. The van der Waals surface area contributed by atoms with Crippen molar-refractivity contribution >= 4 is 17.7 Å². The largest absolute Gasteiger partial charge is 0.378 e. The fourth-order valence-electron chi connectivity index (χ4n) is 6.10. The van der Waals surface area contributed by atoms with Crippen LogP contribution in [0.1, 0.15) is 45.4 Å². The van der Waals surface area contributed by atoms with Crippen LogP contribution in [0.2, 0.25) is 0 Å². The number of ether oxygens (including phenoxy) is 1. The molecular formula is C22H32FN5O2. The van der Waals surface area contributed by atoms with Gasteiger partial charge < -0.3 is 19.4 Å². The molecule has 7 nitrogen and oxygen atoms in total. The number of hydrogen-bond donors (Lipinski definition) is 0. The van der Waals surface area contributed by atoms with E-state index in [1.165, 1.54) is 12.6 Å². The number of rotatable bonds is 4. The summed E-state index contributed by atoms with van der Waals surface area (Å²) < 4.78 is 19.9. The second-order valence-corrected chi connectivity index (χ2v) is 9.22. The summed E-state index contributed by atoms with van der Waals surface area (Å²) in [5, 5.41) is 0. The van der Waals surface area contributed by atoms with Gasteiger partial charge in [0, 0.05) is 44.7 Å². The molecule has 30 heavy (non-hydrogen) atoms. The van der Waals surface area contributed by atoms with Crippen molar-refractivity contribution in [2.75, 3.05) is 49.2 Å². The Labute approximate surface area is 177 Å². The Balaban J connectivity index is 1.41. The van der Waals surface area contributed by atoms with Gasteiger partial charge in [-0.1, -0.05) is 13.3 Å². The molecule has 4 saturated heterocycles. The summed E-state index contributed by atoms with van der Waals surface area (Å²) in [6, 6.07) is 0.645. The van der Waals surface area contributed by atoms with Gasteiger partial charge in [-0.25, -0.2) is 9.37 Å². The first kappa shape index (κ1) is 20.0. The van der Waals surface area contributed by atoms with Crippen LogP contribution < -0.4 is 9.80 Å². The van der Waals surface area contributed by atoms with Crippen molar-refractivity contribution in [1.82, 2.24) is 14.9 Å². The van der Waals surface area contributed by atoms with E-state index in [1.807, 2.05) is 4.90 Å². The molecule has 0 N–H and O–H groups in total. The lowest BCUT2D eigenvalue weighted by atomic mass is 9.71. The molecule has 164 valence electrons. The molecule has 4 aliphatic heterocycles. The maximum atomic E-state index is 14.5. The molecular weight excluding hydrogens is 385 g/mol. The minimum atomic E-state index is -0.370. The highest BCUT2D eigenvalue weighted by Crippen LogP contribution is 2.43. The van der Waals surface area contributed by atoms with Gasteiger partial charge in [0.1, 0.15) is 0 Å². The van der Waals surface area contributed by atoms with Gasteiger partial charge in [-0.05, 0) is 37.5 Å². The minimum absolute atomic E-state index is 0.311. The van der Waals surface area contributed by atoms with Gasteiger partial charge >= 0.3 is 0 Å².